The zero-order chi connectivity index (χ0) is 16.1. The summed E-state index contributed by atoms with van der Waals surface area (Å²) in [5.41, 5.74) is 0. The Hall–Kier alpha value is -2.68. The van der Waals surface area contributed by atoms with Gasteiger partial charge in [-0.3, -0.25) is 14.9 Å². The normalized spacial score (nSPS) is 10.2. The molecule has 0 aliphatic carbocycles. The molecule has 2 heterocycles. The Morgan fingerprint density at radius 1 is 1.41 bits per heavy atom. The quantitative estimate of drug-likeness (QED) is 0.458. The van der Waals surface area contributed by atoms with Gasteiger partial charge in [-0.1, -0.05) is 6.07 Å². The van der Waals surface area contributed by atoms with Crippen LogP contribution in [0.1, 0.15) is 15.4 Å². The van der Waals surface area contributed by atoms with Crippen molar-refractivity contribution in [1.29, 1.82) is 0 Å². The van der Waals surface area contributed by atoms with E-state index in [1.165, 1.54) is 16.2 Å². The average Bonchev–Trinajstić information content (AvgIpc) is 3.15. The van der Waals surface area contributed by atoms with Crippen LogP contribution in [0.4, 0.5) is 5.88 Å². The van der Waals surface area contributed by atoms with Crippen LogP contribution in [0.3, 0.4) is 0 Å². The molecule has 0 fully saturated rings. The number of nitrogens with zero attached hydrogens (tertiary/aromatic N) is 2. The predicted molar refractivity (Wildman–Crippen MR) is 76.4 cm³/mol. The van der Waals surface area contributed by atoms with Crippen molar-refractivity contribution in [2.24, 2.45) is 0 Å². The SMILES string of the molecule is CN(Cc1cccs1)C(=O)COC(=O)c1ccc([N+](=O)[O-])o1. The van der Waals surface area contributed by atoms with Gasteiger partial charge >= 0.3 is 11.9 Å². The number of hydrogen-bond acceptors (Lipinski definition) is 7. The lowest BCUT2D eigenvalue weighted by molar-refractivity contribution is -0.402. The zero-order valence-corrected chi connectivity index (χ0v) is 12.4. The van der Waals surface area contributed by atoms with Crippen molar-refractivity contribution in [2.45, 2.75) is 6.54 Å². The summed E-state index contributed by atoms with van der Waals surface area (Å²) in [6.45, 7) is -0.0462. The third-order valence-corrected chi connectivity index (χ3v) is 3.56. The van der Waals surface area contributed by atoms with Crippen LogP contribution in [0, 0.1) is 10.1 Å². The molecule has 2 aromatic rings. The Morgan fingerprint density at radius 3 is 2.77 bits per heavy atom. The highest BCUT2D eigenvalue weighted by molar-refractivity contribution is 7.09. The molecule has 0 bridgehead atoms. The average molecular weight is 324 g/mol. The fourth-order valence-corrected chi connectivity index (χ4v) is 2.33. The Balaban J connectivity index is 1.84. The van der Waals surface area contributed by atoms with Crippen molar-refractivity contribution in [3.63, 3.8) is 0 Å². The zero-order valence-electron chi connectivity index (χ0n) is 11.6. The third-order valence-electron chi connectivity index (χ3n) is 2.70. The lowest BCUT2D eigenvalue weighted by atomic mass is 10.4. The highest BCUT2D eigenvalue weighted by Crippen LogP contribution is 2.16. The van der Waals surface area contributed by atoms with Crippen LogP contribution < -0.4 is 0 Å². The molecule has 0 N–H and O–H groups in total. The molecule has 0 atom stereocenters. The van der Waals surface area contributed by atoms with Crippen LogP contribution in [0.2, 0.25) is 0 Å². The van der Waals surface area contributed by atoms with E-state index in [-0.39, 0.29) is 11.7 Å². The van der Waals surface area contributed by atoms with E-state index < -0.39 is 23.4 Å². The van der Waals surface area contributed by atoms with Gasteiger partial charge in [-0.05, 0) is 17.5 Å². The minimum atomic E-state index is -0.925. The Labute approximate surface area is 129 Å². The molecule has 0 spiro atoms. The van der Waals surface area contributed by atoms with E-state index in [1.807, 2.05) is 17.5 Å². The molecular formula is C13H12N2O6S. The predicted octanol–water partition coefficient (Wildman–Crippen LogP) is 2.06. The summed E-state index contributed by atoms with van der Waals surface area (Å²) >= 11 is 1.51. The Kier molecular flexibility index (Phi) is 4.89. The minimum absolute atomic E-state index is 0.319. The maximum atomic E-state index is 11.8. The van der Waals surface area contributed by atoms with Gasteiger partial charge in [-0.15, -0.1) is 11.3 Å². The summed E-state index contributed by atoms with van der Waals surface area (Å²) in [7, 11) is 1.59. The van der Waals surface area contributed by atoms with Gasteiger partial charge in [0.2, 0.25) is 5.76 Å². The fraction of sp³-hybridized carbons (Fsp3) is 0.231. The van der Waals surface area contributed by atoms with Crippen LogP contribution in [0.15, 0.2) is 34.1 Å². The molecular weight excluding hydrogens is 312 g/mol. The first-order chi connectivity index (χ1) is 10.5. The van der Waals surface area contributed by atoms with Crippen molar-refractivity contribution < 1.29 is 23.7 Å². The second kappa shape index (κ2) is 6.85. The smallest absolute Gasteiger partial charge is 0.433 e. The number of carbonyl (C=O) groups excluding carboxylic acids is 2. The molecule has 0 saturated carbocycles. The minimum Gasteiger partial charge on any atom is -0.450 e. The summed E-state index contributed by atoms with van der Waals surface area (Å²) in [6.07, 6.45) is 0. The standard InChI is InChI=1S/C13H12N2O6S/c1-14(7-9-3-2-6-22-9)11(16)8-20-13(17)10-4-5-12(21-10)15(18)19/h2-6H,7-8H2,1H3. The molecule has 0 saturated heterocycles. The molecule has 0 radical (unpaired) electrons. The summed E-state index contributed by atoms with van der Waals surface area (Å²) in [4.78, 5) is 35.6. The first kappa shape index (κ1) is 15.7. The monoisotopic (exact) mass is 324 g/mol. The van der Waals surface area contributed by atoms with Crippen LogP contribution in [-0.4, -0.2) is 35.4 Å². The van der Waals surface area contributed by atoms with Crippen LogP contribution in [0.25, 0.3) is 0 Å². The molecule has 9 heteroatoms. The second-order valence-corrected chi connectivity index (χ2v) is 5.33. The maximum absolute atomic E-state index is 11.8. The van der Waals surface area contributed by atoms with Crippen LogP contribution in [-0.2, 0) is 16.1 Å². The van der Waals surface area contributed by atoms with Gasteiger partial charge in [0, 0.05) is 11.9 Å². The van der Waals surface area contributed by atoms with E-state index >= 15 is 0 Å². The molecule has 0 aromatic carbocycles. The second-order valence-electron chi connectivity index (χ2n) is 4.30. The summed E-state index contributed by atoms with van der Waals surface area (Å²) in [5, 5.41) is 12.3. The number of thiophene rings is 1. The number of rotatable bonds is 6. The number of furan rings is 1. The molecule has 2 rings (SSSR count). The van der Waals surface area contributed by atoms with Crippen molar-refractivity contribution in [3.05, 3.63) is 50.4 Å². The van der Waals surface area contributed by atoms with E-state index in [1.54, 1.807) is 7.05 Å². The Morgan fingerprint density at radius 2 is 2.18 bits per heavy atom. The van der Waals surface area contributed by atoms with E-state index in [4.69, 9.17) is 4.74 Å². The van der Waals surface area contributed by atoms with Crippen molar-refractivity contribution in [3.8, 4) is 0 Å². The summed E-state index contributed by atoms with van der Waals surface area (Å²) in [6, 6.07) is 5.94. The highest BCUT2D eigenvalue weighted by Gasteiger charge is 2.20. The maximum Gasteiger partial charge on any atom is 0.433 e. The lowest BCUT2D eigenvalue weighted by Gasteiger charge is -2.15. The topological polar surface area (TPSA) is 103 Å². The van der Waals surface area contributed by atoms with E-state index in [9.17, 15) is 19.7 Å². The molecule has 0 unspecified atom stereocenters. The molecule has 116 valence electrons. The van der Waals surface area contributed by atoms with E-state index in [0.29, 0.717) is 6.54 Å². The number of amides is 1. The summed E-state index contributed by atoms with van der Waals surface area (Å²) in [5.74, 6) is -2.19. The van der Waals surface area contributed by atoms with Gasteiger partial charge in [0.1, 0.15) is 4.92 Å². The van der Waals surface area contributed by atoms with Gasteiger partial charge in [-0.2, -0.15) is 0 Å². The summed E-state index contributed by atoms with van der Waals surface area (Å²) < 4.78 is 9.47. The van der Waals surface area contributed by atoms with Crippen LogP contribution in [0.5, 0.6) is 0 Å². The molecule has 1 amide bonds. The lowest BCUT2D eigenvalue weighted by Crippen LogP contribution is -2.30. The molecule has 22 heavy (non-hydrogen) atoms. The van der Waals surface area contributed by atoms with Gasteiger partial charge in [0.05, 0.1) is 12.6 Å². The number of ether oxygens (including phenoxy) is 1. The molecule has 2 aromatic heterocycles. The number of likely N-dealkylation sites (N-methyl/N-ethyl adjacent to an activating group) is 1. The van der Waals surface area contributed by atoms with Gasteiger partial charge < -0.3 is 14.1 Å². The first-order valence-electron chi connectivity index (χ1n) is 6.15. The number of esters is 1. The molecule has 8 nitrogen and oxygen atoms in total. The largest absolute Gasteiger partial charge is 0.450 e. The van der Waals surface area contributed by atoms with E-state index in [0.717, 1.165) is 17.0 Å². The van der Waals surface area contributed by atoms with Gasteiger partial charge in [0.25, 0.3) is 5.91 Å². The van der Waals surface area contributed by atoms with Crippen molar-refractivity contribution >= 4 is 29.1 Å². The van der Waals surface area contributed by atoms with E-state index in [2.05, 4.69) is 4.42 Å². The number of carbonyl (C=O) groups is 2. The highest BCUT2D eigenvalue weighted by atomic mass is 32.1. The van der Waals surface area contributed by atoms with Crippen molar-refractivity contribution in [1.82, 2.24) is 4.90 Å². The molecule has 0 aliphatic rings. The van der Waals surface area contributed by atoms with Crippen LogP contribution >= 0.6 is 11.3 Å². The number of nitro groups is 1. The van der Waals surface area contributed by atoms with Crippen molar-refractivity contribution in [2.75, 3.05) is 13.7 Å². The fourth-order valence-electron chi connectivity index (χ4n) is 1.57. The molecule has 0 aliphatic heterocycles. The number of hydrogen-bond donors (Lipinski definition) is 0. The van der Waals surface area contributed by atoms with Gasteiger partial charge in [0.15, 0.2) is 6.61 Å². The Bertz CT molecular complexity index is 679. The first-order valence-corrected chi connectivity index (χ1v) is 7.03. The van der Waals surface area contributed by atoms with Gasteiger partial charge in [-0.25, -0.2) is 4.79 Å². The third kappa shape index (κ3) is 3.92.